The third-order valence-corrected chi connectivity index (χ3v) is 3.93. The zero-order chi connectivity index (χ0) is 14.4. The van der Waals surface area contributed by atoms with Crippen molar-refractivity contribution in [1.82, 2.24) is 9.71 Å². The minimum atomic E-state index is -3.63. The smallest absolute Gasteiger partial charge is 0.247 e. The second-order valence-corrected chi connectivity index (χ2v) is 5.71. The van der Waals surface area contributed by atoms with Gasteiger partial charge in [-0.05, 0) is 18.2 Å². The van der Waals surface area contributed by atoms with Gasteiger partial charge in [-0.2, -0.15) is 0 Å². The van der Waals surface area contributed by atoms with Gasteiger partial charge in [0.05, 0.1) is 4.90 Å². The molecule has 20 heavy (non-hydrogen) atoms. The number of aromatic nitrogens is 1. The van der Waals surface area contributed by atoms with Gasteiger partial charge in [0.2, 0.25) is 15.6 Å². The minimum Gasteiger partial charge on any atom is -0.492 e. The minimum absolute atomic E-state index is 0.0109. The van der Waals surface area contributed by atoms with Gasteiger partial charge in [-0.1, -0.05) is 18.2 Å². The van der Waals surface area contributed by atoms with Gasteiger partial charge in [-0.3, -0.25) is 4.79 Å². The van der Waals surface area contributed by atoms with E-state index in [1.54, 1.807) is 12.1 Å². The van der Waals surface area contributed by atoms with Crippen molar-refractivity contribution in [3.05, 3.63) is 59.0 Å². The molecule has 0 saturated carbocycles. The van der Waals surface area contributed by atoms with Crippen LogP contribution in [0, 0.1) is 0 Å². The maximum absolute atomic E-state index is 11.9. The van der Waals surface area contributed by atoms with E-state index in [-0.39, 0.29) is 23.6 Å². The number of H-pyrrole nitrogens is 1. The third-order valence-electron chi connectivity index (χ3n) is 2.47. The Morgan fingerprint density at radius 2 is 1.85 bits per heavy atom. The number of hydrogen-bond donors (Lipinski definition) is 2. The van der Waals surface area contributed by atoms with Crippen LogP contribution in [0.15, 0.2) is 58.4 Å². The highest BCUT2D eigenvalue weighted by molar-refractivity contribution is 7.89. The van der Waals surface area contributed by atoms with Crippen LogP contribution in [0.2, 0.25) is 0 Å². The van der Waals surface area contributed by atoms with Crippen molar-refractivity contribution in [3.63, 3.8) is 0 Å². The number of sulfonamides is 1. The molecule has 0 bridgehead atoms. The Labute approximate surface area is 116 Å². The Hall–Kier alpha value is -2.12. The molecule has 0 amide bonds. The van der Waals surface area contributed by atoms with Crippen LogP contribution in [0.4, 0.5) is 0 Å². The fourth-order valence-electron chi connectivity index (χ4n) is 1.51. The van der Waals surface area contributed by atoms with Gasteiger partial charge >= 0.3 is 0 Å². The van der Waals surface area contributed by atoms with E-state index < -0.39 is 10.0 Å². The van der Waals surface area contributed by atoms with E-state index in [4.69, 9.17) is 4.74 Å². The van der Waals surface area contributed by atoms with Gasteiger partial charge < -0.3 is 9.72 Å². The van der Waals surface area contributed by atoms with E-state index in [1.165, 1.54) is 6.07 Å². The molecule has 6 nitrogen and oxygen atoms in total. The lowest BCUT2D eigenvalue weighted by Gasteiger charge is -2.08. The quantitative estimate of drug-likeness (QED) is 0.769. The van der Waals surface area contributed by atoms with E-state index >= 15 is 0 Å². The van der Waals surface area contributed by atoms with Crippen LogP contribution in [0.3, 0.4) is 0 Å². The van der Waals surface area contributed by atoms with Crippen molar-refractivity contribution in [2.45, 2.75) is 4.90 Å². The van der Waals surface area contributed by atoms with Crippen LogP contribution in [0.5, 0.6) is 5.75 Å². The number of pyridine rings is 1. The molecule has 106 valence electrons. The molecule has 0 unspecified atom stereocenters. The summed E-state index contributed by atoms with van der Waals surface area (Å²) >= 11 is 0. The van der Waals surface area contributed by atoms with Crippen LogP contribution >= 0.6 is 0 Å². The first-order valence-electron chi connectivity index (χ1n) is 5.94. The standard InChI is InChI=1S/C13H14N2O4S/c16-13-7-6-12(10-14-13)20(17,18)15-8-9-19-11-4-2-1-3-5-11/h1-7,10,15H,8-9H2,(H,14,16). The molecule has 2 rings (SSSR count). The molecule has 0 atom stereocenters. The second kappa shape index (κ2) is 6.36. The molecule has 7 heteroatoms. The van der Waals surface area contributed by atoms with Gasteiger partial charge in [-0.15, -0.1) is 0 Å². The highest BCUT2D eigenvalue weighted by atomic mass is 32.2. The van der Waals surface area contributed by atoms with Gasteiger partial charge in [0.25, 0.3) is 0 Å². The molecule has 0 aliphatic carbocycles. The monoisotopic (exact) mass is 294 g/mol. The molecule has 0 saturated heterocycles. The summed E-state index contributed by atoms with van der Waals surface area (Å²) in [5.41, 5.74) is -0.351. The fourth-order valence-corrected chi connectivity index (χ4v) is 2.49. The summed E-state index contributed by atoms with van der Waals surface area (Å²) in [5, 5.41) is 0. The SMILES string of the molecule is O=c1ccc(S(=O)(=O)NCCOc2ccccc2)c[nH]1. The first-order chi connectivity index (χ1) is 9.58. The highest BCUT2D eigenvalue weighted by Crippen LogP contribution is 2.08. The zero-order valence-corrected chi connectivity index (χ0v) is 11.4. The molecule has 0 spiro atoms. The van der Waals surface area contributed by atoms with Crippen molar-refractivity contribution >= 4 is 10.0 Å². The van der Waals surface area contributed by atoms with Gasteiger partial charge in [0, 0.05) is 18.8 Å². The molecule has 1 aromatic heterocycles. The molecule has 0 fully saturated rings. The number of para-hydroxylation sites is 1. The van der Waals surface area contributed by atoms with Crippen LogP contribution in [0.1, 0.15) is 0 Å². The Bertz CT molecular complexity index is 690. The van der Waals surface area contributed by atoms with E-state index in [1.807, 2.05) is 18.2 Å². The molecule has 0 radical (unpaired) electrons. The van der Waals surface area contributed by atoms with Crippen molar-refractivity contribution in [3.8, 4) is 5.75 Å². The molecular formula is C13H14N2O4S. The van der Waals surface area contributed by atoms with E-state index in [2.05, 4.69) is 9.71 Å². The summed E-state index contributed by atoms with van der Waals surface area (Å²) in [6.07, 6.45) is 1.16. The molecule has 2 N–H and O–H groups in total. The maximum atomic E-state index is 11.9. The lowest BCUT2D eigenvalue weighted by molar-refractivity contribution is 0.323. The number of aromatic amines is 1. The molecule has 2 aromatic rings. The summed E-state index contributed by atoms with van der Waals surface area (Å²) in [6.45, 7) is 0.350. The van der Waals surface area contributed by atoms with Crippen molar-refractivity contribution in [1.29, 1.82) is 0 Å². The van der Waals surface area contributed by atoms with Crippen LogP contribution < -0.4 is 15.0 Å². The second-order valence-electron chi connectivity index (χ2n) is 3.95. The van der Waals surface area contributed by atoms with Crippen molar-refractivity contribution < 1.29 is 13.2 Å². The molecule has 0 aliphatic heterocycles. The number of hydrogen-bond acceptors (Lipinski definition) is 4. The largest absolute Gasteiger partial charge is 0.492 e. The summed E-state index contributed by atoms with van der Waals surface area (Å²) in [6, 6.07) is 11.5. The molecule has 1 aromatic carbocycles. The van der Waals surface area contributed by atoms with Crippen molar-refractivity contribution in [2.75, 3.05) is 13.2 Å². The summed E-state index contributed by atoms with van der Waals surface area (Å²) in [5.74, 6) is 0.677. The predicted octanol–water partition coefficient (Wildman–Crippen LogP) is 0.732. The number of rotatable bonds is 6. The average Bonchev–Trinajstić information content (AvgIpc) is 2.45. The maximum Gasteiger partial charge on any atom is 0.247 e. The van der Waals surface area contributed by atoms with E-state index in [9.17, 15) is 13.2 Å². The first kappa shape index (κ1) is 14.3. The topological polar surface area (TPSA) is 88.3 Å². The predicted molar refractivity (Wildman–Crippen MR) is 74.2 cm³/mol. The zero-order valence-electron chi connectivity index (χ0n) is 10.6. The van der Waals surface area contributed by atoms with Crippen LogP contribution in [0.25, 0.3) is 0 Å². The van der Waals surface area contributed by atoms with Crippen LogP contribution in [-0.2, 0) is 10.0 Å². The fraction of sp³-hybridized carbons (Fsp3) is 0.154. The lowest BCUT2D eigenvalue weighted by atomic mass is 10.3. The van der Waals surface area contributed by atoms with Gasteiger partial charge in [-0.25, -0.2) is 13.1 Å². The number of nitrogens with one attached hydrogen (secondary N) is 2. The Morgan fingerprint density at radius 3 is 2.50 bits per heavy atom. The Balaban J connectivity index is 1.87. The molecular weight excluding hydrogens is 280 g/mol. The van der Waals surface area contributed by atoms with Gasteiger partial charge in [0.15, 0.2) is 0 Å². The summed E-state index contributed by atoms with van der Waals surface area (Å²) in [7, 11) is -3.63. The normalized spacial score (nSPS) is 11.2. The number of benzene rings is 1. The molecule has 0 aliphatic rings. The Morgan fingerprint density at radius 1 is 1.10 bits per heavy atom. The first-order valence-corrected chi connectivity index (χ1v) is 7.42. The summed E-state index contributed by atoms with van der Waals surface area (Å²) in [4.78, 5) is 13.2. The highest BCUT2D eigenvalue weighted by Gasteiger charge is 2.12. The average molecular weight is 294 g/mol. The lowest BCUT2D eigenvalue weighted by Crippen LogP contribution is -2.28. The Kier molecular flexibility index (Phi) is 4.54. The third kappa shape index (κ3) is 3.94. The molecule has 1 heterocycles. The van der Waals surface area contributed by atoms with E-state index in [0.29, 0.717) is 5.75 Å². The van der Waals surface area contributed by atoms with E-state index in [0.717, 1.165) is 12.3 Å². The van der Waals surface area contributed by atoms with Crippen LogP contribution in [-0.4, -0.2) is 26.6 Å². The van der Waals surface area contributed by atoms with Gasteiger partial charge in [0.1, 0.15) is 12.4 Å². The number of ether oxygens (including phenoxy) is 1. The summed E-state index contributed by atoms with van der Waals surface area (Å²) < 4.78 is 31.5. The van der Waals surface area contributed by atoms with Crippen molar-refractivity contribution in [2.24, 2.45) is 0 Å².